The van der Waals surface area contributed by atoms with Gasteiger partial charge in [-0.25, -0.2) is 4.98 Å². The third kappa shape index (κ3) is 4.70. The maximum Gasteiger partial charge on any atom is 0.434 e. The maximum absolute atomic E-state index is 12.5. The SMILES string of the molecule is CN(Cc1nc(C(F)(F)F)cs1)C(=O)CSc1ccncc1. The molecule has 0 aromatic carbocycles. The molecule has 0 saturated carbocycles. The van der Waals surface area contributed by atoms with Crippen molar-refractivity contribution in [2.45, 2.75) is 17.6 Å². The minimum Gasteiger partial charge on any atom is -0.338 e. The Labute approximate surface area is 133 Å². The number of rotatable bonds is 5. The van der Waals surface area contributed by atoms with Crippen molar-refractivity contribution in [3.63, 3.8) is 0 Å². The van der Waals surface area contributed by atoms with Crippen LogP contribution in [0, 0.1) is 0 Å². The van der Waals surface area contributed by atoms with E-state index in [-0.39, 0.29) is 23.2 Å². The fraction of sp³-hybridized carbons (Fsp3) is 0.308. The Morgan fingerprint density at radius 1 is 1.36 bits per heavy atom. The molecule has 0 spiro atoms. The summed E-state index contributed by atoms with van der Waals surface area (Å²) in [6.45, 7) is 0.0660. The quantitative estimate of drug-likeness (QED) is 0.779. The van der Waals surface area contributed by atoms with Crippen LogP contribution < -0.4 is 0 Å². The molecule has 0 atom stereocenters. The van der Waals surface area contributed by atoms with Crippen molar-refractivity contribution in [1.29, 1.82) is 0 Å². The second-order valence-electron chi connectivity index (χ2n) is 4.35. The monoisotopic (exact) mass is 347 g/mol. The Balaban J connectivity index is 1.87. The van der Waals surface area contributed by atoms with Gasteiger partial charge in [0.15, 0.2) is 5.69 Å². The van der Waals surface area contributed by atoms with Gasteiger partial charge in [-0.15, -0.1) is 23.1 Å². The number of halogens is 3. The van der Waals surface area contributed by atoms with Crippen molar-refractivity contribution in [3.05, 3.63) is 40.6 Å². The molecule has 0 aliphatic rings. The van der Waals surface area contributed by atoms with Crippen LogP contribution in [-0.4, -0.2) is 33.6 Å². The van der Waals surface area contributed by atoms with Crippen LogP contribution >= 0.6 is 23.1 Å². The number of nitrogens with zero attached hydrogens (tertiary/aromatic N) is 3. The summed E-state index contributed by atoms with van der Waals surface area (Å²) in [5.74, 6) is 0.0310. The van der Waals surface area contributed by atoms with Gasteiger partial charge in [0.05, 0.1) is 12.3 Å². The Morgan fingerprint density at radius 2 is 2.05 bits per heavy atom. The van der Waals surface area contributed by atoms with Crippen molar-refractivity contribution in [2.24, 2.45) is 0 Å². The van der Waals surface area contributed by atoms with Crippen molar-refractivity contribution >= 4 is 29.0 Å². The maximum atomic E-state index is 12.5. The number of thioether (sulfide) groups is 1. The Bertz CT molecular complexity index is 631. The summed E-state index contributed by atoms with van der Waals surface area (Å²) >= 11 is 2.25. The van der Waals surface area contributed by atoms with Crippen molar-refractivity contribution in [3.8, 4) is 0 Å². The third-order valence-electron chi connectivity index (χ3n) is 2.65. The molecule has 0 saturated heterocycles. The summed E-state index contributed by atoms with van der Waals surface area (Å²) in [5, 5.41) is 1.22. The molecule has 0 unspecified atom stereocenters. The van der Waals surface area contributed by atoms with Crippen LogP contribution in [0.1, 0.15) is 10.7 Å². The van der Waals surface area contributed by atoms with Crippen LogP contribution in [0.15, 0.2) is 34.8 Å². The zero-order valence-electron chi connectivity index (χ0n) is 11.5. The standard InChI is InChI=1S/C13H12F3N3OS2/c1-19(6-11-18-10(7-22-11)13(14,15)16)12(20)8-21-9-2-4-17-5-3-9/h2-5,7H,6,8H2,1H3. The highest BCUT2D eigenvalue weighted by Gasteiger charge is 2.33. The molecule has 4 nitrogen and oxygen atoms in total. The summed E-state index contributed by atoms with van der Waals surface area (Å²) in [7, 11) is 1.55. The van der Waals surface area contributed by atoms with Crippen LogP contribution in [0.2, 0.25) is 0 Å². The Morgan fingerprint density at radius 3 is 2.64 bits per heavy atom. The van der Waals surface area contributed by atoms with E-state index in [1.165, 1.54) is 16.7 Å². The second-order valence-corrected chi connectivity index (χ2v) is 6.34. The number of hydrogen-bond donors (Lipinski definition) is 0. The highest BCUT2D eigenvalue weighted by atomic mass is 32.2. The second kappa shape index (κ2) is 7.10. The lowest BCUT2D eigenvalue weighted by atomic mass is 10.5. The van der Waals surface area contributed by atoms with Gasteiger partial charge in [0.1, 0.15) is 5.01 Å². The van der Waals surface area contributed by atoms with E-state index in [4.69, 9.17) is 0 Å². The van der Waals surface area contributed by atoms with Crippen LogP contribution in [0.4, 0.5) is 13.2 Å². The van der Waals surface area contributed by atoms with E-state index in [1.807, 2.05) is 0 Å². The van der Waals surface area contributed by atoms with E-state index in [2.05, 4.69) is 9.97 Å². The van der Waals surface area contributed by atoms with Crippen LogP contribution in [0.5, 0.6) is 0 Å². The predicted molar refractivity (Wildman–Crippen MR) is 78.6 cm³/mol. The van der Waals surface area contributed by atoms with Gasteiger partial charge in [-0.3, -0.25) is 9.78 Å². The first kappa shape index (κ1) is 16.8. The normalized spacial score (nSPS) is 11.5. The van der Waals surface area contributed by atoms with Gasteiger partial charge >= 0.3 is 6.18 Å². The molecule has 0 radical (unpaired) electrons. The summed E-state index contributed by atoms with van der Waals surface area (Å²) < 4.78 is 37.4. The molecular weight excluding hydrogens is 335 g/mol. The van der Waals surface area contributed by atoms with Gasteiger partial charge < -0.3 is 4.90 Å². The first-order valence-electron chi connectivity index (χ1n) is 6.14. The molecule has 2 aromatic rings. The van der Waals surface area contributed by atoms with Crippen molar-refractivity contribution < 1.29 is 18.0 Å². The molecule has 1 amide bonds. The lowest BCUT2D eigenvalue weighted by Gasteiger charge is -2.15. The zero-order chi connectivity index (χ0) is 16.2. The number of alkyl halides is 3. The van der Waals surface area contributed by atoms with Gasteiger partial charge in [0.25, 0.3) is 0 Å². The molecule has 0 N–H and O–H groups in total. The van der Waals surface area contributed by atoms with E-state index in [1.54, 1.807) is 31.6 Å². The Hall–Kier alpha value is -1.61. The lowest BCUT2D eigenvalue weighted by molar-refractivity contribution is -0.140. The first-order chi connectivity index (χ1) is 10.4. The van der Waals surface area contributed by atoms with Gasteiger partial charge in [0.2, 0.25) is 5.91 Å². The fourth-order valence-corrected chi connectivity index (χ4v) is 3.17. The fourth-order valence-electron chi connectivity index (χ4n) is 1.49. The number of pyridine rings is 1. The van der Waals surface area contributed by atoms with Crippen LogP contribution in [-0.2, 0) is 17.5 Å². The summed E-state index contributed by atoms with van der Waals surface area (Å²) in [6.07, 6.45) is -1.19. The molecule has 0 aliphatic carbocycles. The minimum atomic E-state index is -4.45. The molecule has 2 heterocycles. The topological polar surface area (TPSA) is 46.1 Å². The molecular formula is C13H12F3N3OS2. The van der Waals surface area contributed by atoms with Crippen molar-refractivity contribution in [1.82, 2.24) is 14.9 Å². The highest BCUT2D eigenvalue weighted by molar-refractivity contribution is 8.00. The third-order valence-corrected chi connectivity index (χ3v) is 4.48. The molecule has 2 rings (SSSR count). The van der Waals surface area contributed by atoms with Gasteiger partial charge in [-0.1, -0.05) is 0 Å². The van der Waals surface area contributed by atoms with Gasteiger partial charge in [-0.05, 0) is 12.1 Å². The number of carbonyl (C=O) groups excluding carboxylic acids is 1. The average Bonchev–Trinajstić information content (AvgIpc) is 2.94. The molecule has 0 bridgehead atoms. The number of carbonyl (C=O) groups is 1. The molecule has 118 valence electrons. The summed E-state index contributed by atoms with van der Waals surface area (Å²) in [4.78, 5) is 21.6. The molecule has 2 aromatic heterocycles. The predicted octanol–water partition coefficient (Wildman–Crippen LogP) is 3.31. The average molecular weight is 347 g/mol. The first-order valence-corrected chi connectivity index (χ1v) is 8.01. The van der Waals surface area contributed by atoms with Crippen LogP contribution in [0.3, 0.4) is 0 Å². The molecule has 0 aliphatic heterocycles. The number of amides is 1. The van der Waals surface area contributed by atoms with E-state index in [0.29, 0.717) is 0 Å². The highest BCUT2D eigenvalue weighted by Crippen LogP contribution is 2.30. The van der Waals surface area contributed by atoms with E-state index in [9.17, 15) is 18.0 Å². The van der Waals surface area contributed by atoms with E-state index >= 15 is 0 Å². The molecule has 0 fully saturated rings. The number of aromatic nitrogens is 2. The molecule has 22 heavy (non-hydrogen) atoms. The molecule has 9 heteroatoms. The minimum absolute atomic E-state index is 0.0660. The van der Waals surface area contributed by atoms with Gasteiger partial charge in [0, 0.05) is 29.7 Å². The number of thiazole rings is 1. The number of hydrogen-bond acceptors (Lipinski definition) is 5. The smallest absolute Gasteiger partial charge is 0.338 e. The largest absolute Gasteiger partial charge is 0.434 e. The van der Waals surface area contributed by atoms with Gasteiger partial charge in [-0.2, -0.15) is 13.2 Å². The van der Waals surface area contributed by atoms with Crippen molar-refractivity contribution in [2.75, 3.05) is 12.8 Å². The lowest BCUT2D eigenvalue weighted by Crippen LogP contribution is -2.27. The van der Waals surface area contributed by atoms with E-state index in [0.717, 1.165) is 21.6 Å². The summed E-state index contributed by atoms with van der Waals surface area (Å²) in [6, 6.07) is 3.57. The van der Waals surface area contributed by atoms with Crippen LogP contribution in [0.25, 0.3) is 0 Å². The van der Waals surface area contributed by atoms with E-state index < -0.39 is 11.9 Å². The summed E-state index contributed by atoms with van der Waals surface area (Å²) in [5.41, 5.74) is -0.917. The Kier molecular flexibility index (Phi) is 5.41. The zero-order valence-corrected chi connectivity index (χ0v) is 13.1.